The van der Waals surface area contributed by atoms with Crippen molar-refractivity contribution in [3.05, 3.63) is 118 Å². The first-order valence-electron chi connectivity index (χ1n) is 24.0. The number of rotatable bonds is 6. The second-order valence-corrected chi connectivity index (χ2v) is 22.1. The van der Waals surface area contributed by atoms with E-state index in [1.165, 1.54) is 0 Å². The van der Waals surface area contributed by atoms with Gasteiger partial charge in [-0.2, -0.15) is 0 Å². The van der Waals surface area contributed by atoms with Crippen LogP contribution < -0.4 is 45.8 Å². The van der Waals surface area contributed by atoms with Crippen LogP contribution in [0.4, 0.5) is 0 Å². The molecule has 5 heterocycles. The molecular formula is C53H62N3NaO9S. The van der Waals surface area contributed by atoms with E-state index < -0.39 is 56.5 Å². The molecule has 0 aromatic heterocycles. The minimum atomic E-state index is -4.92. The number of phenols is 1. The topological polar surface area (TPSA) is 221 Å². The van der Waals surface area contributed by atoms with Crippen LogP contribution in [0.2, 0.25) is 0 Å². The number of benzene rings is 3. The summed E-state index contributed by atoms with van der Waals surface area (Å²) in [6.45, 7) is 1.89. The number of aromatic hydroxyl groups is 1. The Morgan fingerprint density at radius 2 is 1.79 bits per heavy atom. The van der Waals surface area contributed by atoms with Gasteiger partial charge in [0, 0.05) is 54.1 Å². The number of aliphatic imine (C=N–C) groups is 1. The molecule has 3 aromatic carbocycles. The third kappa shape index (κ3) is 8.82. The summed E-state index contributed by atoms with van der Waals surface area (Å²) in [4.78, 5) is 5.01. The maximum Gasteiger partial charge on any atom is 1.00 e. The first-order chi connectivity index (χ1) is 31.7. The van der Waals surface area contributed by atoms with Crippen molar-refractivity contribution in [2.45, 2.75) is 118 Å². The molecule has 1 saturated heterocycles. The van der Waals surface area contributed by atoms with E-state index in [2.05, 4.69) is 30.9 Å². The van der Waals surface area contributed by atoms with Crippen molar-refractivity contribution in [1.29, 1.82) is 0 Å². The quantitative estimate of drug-likeness (QED) is 0.0525. The minimum Gasteiger partial charge on any atom is -0.748 e. The van der Waals surface area contributed by atoms with Crippen LogP contribution in [0.5, 0.6) is 11.5 Å². The molecule has 14 heteroatoms. The Morgan fingerprint density at radius 3 is 2.54 bits per heavy atom. The van der Waals surface area contributed by atoms with E-state index in [1.54, 1.807) is 12.1 Å². The Kier molecular flexibility index (Phi) is 13.6. The molecule has 8 N–H and O–H groups in total. The number of aliphatic hydroxyl groups is 3. The number of nitrogens with zero attached hydrogens (tertiary/aromatic N) is 1. The molecule has 14 unspecified atom stereocenters. The summed E-state index contributed by atoms with van der Waals surface area (Å²) in [5.41, 5.74) is 15.7. The van der Waals surface area contributed by atoms with Crippen molar-refractivity contribution in [3.8, 4) is 23.3 Å². The standard InChI is InChI=1S/C53H63N3O9S.Na/c1-30-7-8-34-25-40-15-17-42(34)44(30)28-48(66(61,62)63)45-27-36-23-35(26-41-22-31(29-58)4-2-5-33-24-39(59)14-16-43(33)50(36)64-41)49(45)32-9-11-38(12-10-32)53(65-40,56-51(54)55)47-18-13-37-6-3-20-52(37,60)46(47)19-21-57;/h9-18,24-25,27,30-31,35,37,41,44-50,57-60H,3-4,6-8,19-23,26,28-29H2,1H3,(H4,54,55,56)(H,61,62,63);/q;+1/p-1. The zero-order chi connectivity index (χ0) is 46.1. The van der Waals surface area contributed by atoms with Crippen molar-refractivity contribution in [3.63, 3.8) is 0 Å². The summed E-state index contributed by atoms with van der Waals surface area (Å²) in [6.07, 6.45) is 11.4. The van der Waals surface area contributed by atoms with Crippen LogP contribution in [0.25, 0.3) is 0 Å². The third-order valence-corrected chi connectivity index (χ3v) is 18.0. The van der Waals surface area contributed by atoms with E-state index in [9.17, 15) is 33.4 Å². The number of hydrogen-bond donors (Lipinski definition) is 6. The summed E-state index contributed by atoms with van der Waals surface area (Å²) in [5.74, 6) is 3.95. The van der Waals surface area contributed by atoms with E-state index in [0.717, 1.165) is 47.1 Å². The van der Waals surface area contributed by atoms with E-state index in [4.69, 9.17) is 25.9 Å². The molecule has 350 valence electrons. The molecule has 4 aliphatic carbocycles. The molecule has 0 radical (unpaired) electrons. The van der Waals surface area contributed by atoms with Crippen molar-refractivity contribution >= 4 is 16.1 Å². The molecule has 67 heavy (non-hydrogen) atoms. The molecular weight excluding hydrogens is 878 g/mol. The van der Waals surface area contributed by atoms with E-state index in [0.29, 0.717) is 61.8 Å². The predicted octanol–water partition coefficient (Wildman–Crippen LogP) is 3.53. The second kappa shape index (κ2) is 18.9. The molecule has 3 aromatic rings. The van der Waals surface area contributed by atoms with Crippen molar-refractivity contribution < 1.29 is 72.4 Å². The third-order valence-electron chi connectivity index (χ3n) is 16.7. The molecule has 0 spiro atoms. The Bertz CT molecular complexity index is 2620. The van der Waals surface area contributed by atoms with E-state index in [-0.39, 0.29) is 96.6 Å². The van der Waals surface area contributed by atoms with Crippen LogP contribution in [0.3, 0.4) is 0 Å². The Balaban J connectivity index is 0.00000562. The molecule has 9 aliphatic rings. The van der Waals surface area contributed by atoms with Gasteiger partial charge in [0.1, 0.15) is 17.6 Å². The Morgan fingerprint density at radius 1 is 1.00 bits per heavy atom. The van der Waals surface area contributed by atoms with Crippen molar-refractivity contribution in [1.82, 2.24) is 0 Å². The SMILES string of the molecule is CC1CCc2cc3ccc2C1CC(S(=O)(=O)[O-])C1C=C2CC(CC4CC(CO)CC#Cc5cc(O)ccc5C2O4)C1c1ccc(cc1)C(N=C(N)N)(C1C=CC2CCCC2(O)C1CCO)O3.[Na+]. The average Bonchev–Trinajstić information content (AvgIpc) is 3.62. The zero-order valence-electron chi connectivity index (χ0n) is 38.5. The van der Waals surface area contributed by atoms with Gasteiger partial charge in [-0.3, -0.25) is 0 Å². The van der Waals surface area contributed by atoms with Gasteiger partial charge >= 0.3 is 29.6 Å². The smallest absolute Gasteiger partial charge is 0.748 e. The number of allylic oxidation sites excluding steroid dienone is 1. The number of fused-ring (bicyclic) bond motifs is 10. The normalized spacial score (nSPS) is 36.1. The van der Waals surface area contributed by atoms with Gasteiger partial charge in [0.05, 0.1) is 27.1 Å². The van der Waals surface area contributed by atoms with Crippen molar-refractivity contribution in [2.75, 3.05) is 13.2 Å². The molecule has 14 atom stereocenters. The van der Waals surface area contributed by atoms with Crippen molar-refractivity contribution in [2.24, 2.45) is 57.9 Å². The van der Waals surface area contributed by atoms with Crippen LogP contribution in [0.1, 0.15) is 122 Å². The van der Waals surface area contributed by atoms with Crippen LogP contribution >= 0.6 is 0 Å². The Labute approximate surface area is 416 Å². The van der Waals surface area contributed by atoms with Gasteiger partial charge < -0.3 is 45.9 Å². The summed E-state index contributed by atoms with van der Waals surface area (Å²) in [5, 5.41) is 43.0. The largest absolute Gasteiger partial charge is 1.00 e. The van der Waals surface area contributed by atoms with Gasteiger partial charge in [0.15, 0.2) is 5.96 Å². The summed E-state index contributed by atoms with van der Waals surface area (Å²) >= 11 is 0. The van der Waals surface area contributed by atoms with Gasteiger partial charge in [-0.15, -0.1) is 0 Å². The predicted molar refractivity (Wildman–Crippen MR) is 249 cm³/mol. The summed E-state index contributed by atoms with van der Waals surface area (Å²) in [7, 11) is -4.92. The number of ether oxygens (including phenoxy) is 2. The van der Waals surface area contributed by atoms with Crippen LogP contribution in [0.15, 0.2) is 89.5 Å². The molecule has 0 amide bonds. The van der Waals surface area contributed by atoms with Gasteiger partial charge in [0.25, 0.3) is 0 Å². The fraction of sp³-hybridized carbons (Fsp3) is 0.528. The van der Waals surface area contributed by atoms with E-state index >= 15 is 0 Å². The van der Waals surface area contributed by atoms with Crippen LogP contribution in [-0.4, -0.2) is 69.5 Å². The van der Waals surface area contributed by atoms with Gasteiger partial charge in [0.2, 0.25) is 5.72 Å². The maximum atomic E-state index is 14.1. The first kappa shape index (κ1) is 48.3. The summed E-state index contributed by atoms with van der Waals surface area (Å²) in [6, 6.07) is 18.8. The first-order valence-corrected chi connectivity index (χ1v) is 25.4. The molecule has 5 aliphatic heterocycles. The van der Waals surface area contributed by atoms with E-state index in [1.807, 2.05) is 54.6 Å². The maximum absolute atomic E-state index is 14.1. The molecule has 2 fully saturated rings. The molecule has 1 saturated carbocycles. The number of aliphatic hydroxyl groups excluding tert-OH is 2. The monoisotopic (exact) mass is 939 g/mol. The van der Waals surface area contributed by atoms with Crippen LogP contribution in [0, 0.1) is 53.3 Å². The number of phenolic OH excluding ortho intramolecular Hbond substituents is 1. The van der Waals surface area contributed by atoms with Gasteiger partial charge in [-0.1, -0.05) is 73.4 Å². The minimum absolute atomic E-state index is 0. The molecule has 12 nitrogen and oxygen atoms in total. The second-order valence-electron chi connectivity index (χ2n) is 20.5. The van der Waals surface area contributed by atoms with Gasteiger partial charge in [-0.25, -0.2) is 13.4 Å². The molecule has 10 bridgehead atoms. The zero-order valence-corrected chi connectivity index (χ0v) is 41.3. The fourth-order valence-electron chi connectivity index (χ4n) is 13.7. The average molecular weight is 940 g/mol. The number of hydrogen-bond acceptors (Lipinski definition) is 10. The number of nitrogens with two attached hydrogens (primary N) is 2. The van der Waals surface area contributed by atoms with Gasteiger partial charge in [-0.05, 0) is 146 Å². The molecule has 12 rings (SSSR count). The van der Waals surface area contributed by atoms with Crippen LogP contribution in [-0.2, 0) is 27.0 Å². The fourth-order valence-corrected chi connectivity index (χ4v) is 14.8. The number of aryl methyl sites for hydroxylation is 1. The Hall–Kier alpha value is -3.68. The number of guanidine groups is 1. The summed E-state index contributed by atoms with van der Waals surface area (Å²) < 4.78 is 56.7.